The lowest BCUT2D eigenvalue weighted by Gasteiger charge is -2.43. The first-order chi connectivity index (χ1) is 18.9. The molecule has 3 heterocycles. The van der Waals surface area contributed by atoms with Crippen molar-refractivity contribution in [3.05, 3.63) is 17.6 Å². The summed E-state index contributed by atoms with van der Waals surface area (Å²) in [5.74, 6) is 0.265. The summed E-state index contributed by atoms with van der Waals surface area (Å²) < 4.78 is 10.5. The first-order valence-electron chi connectivity index (χ1n) is 14.2. The Balaban J connectivity index is 1.94. The average Bonchev–Trinajstić information content (AvgIpc) is 2.92. The number of hydrogen-bond donors (Lipinski definition) is 2. The maximum atomic E-state index is 14.2. The topological polar surface area (TPSA) is 137 Å². The molecule has 1 aromatic rings. The minimum atomic E-state index is -1.10. The molecule has 2 N–H and O–H groups in total. The zero-order chi connectivity index (χ0) is 29.4. The van der Waals surface area contributed by atoms with Gasteiger partial charge in [-0.3, -0.25) is 9.59 Å². The fraction of sp³-hybridized carbons (Fsp3) is 0.750. The number of carboxylic acid groups (broad SMARTS) is 1. The SMILES string of the molecule is COCCCNc1nc(C(C)(C)C)ncc1C(=O)N(CC(C)C)C1CC(C(=O)N2CCOCC2)CN(C(=O)O)C1. The van der Waals surface area contributed by atoms with E-state index >= 15 is 0 Å². The predicted molar refractivity (Wildman–Crippen MR) is 150 cm³/mol. The molecule has 0 aromatic carbocycles. The number of ether oxygens (including phenoxy) is 2. The van der Waals surface area contributed by atoms with Gasteiger partial charge in [-0.2, -0.15) is 0 Å². The molecule has 40 heavy (non-hydrogen) atoms. The lowest BCUT2D eigenvalue weighted by atomic mass is 9.91. The largest absolute Gasteiger partial charge is 0.465 e. The van der Waals surface area contributed by atoms with E-state index in [1.165, 1.54) is 4.90 Å². The van der Waals surface area contributed by atoms with Crippen molar-refractivity contribution in [1.82, 2.24) is 24.7 Å². The van der Waals surface area contributed by atoms with E-state index in [0.29, 0.717) is 69.6 Å². The zero-order valence-electron chi connectivity index (χ0n) is 24.8. The summed E-state index contributed by atoms with van der Waals surface area (Å²) in [5.41, 5.74) is 0.00945. The summed E-state index contributed by atoms with van der Waals surface area (Å²) in [6.07, 6.45) is 1.59. The van der Waals surface area contributed by atoms with E-state index in [2.05, 4.69) is 10.3 Å². The number of aromatic nitrogens is 2. The van der Waals surface area contributed by atoms with Crippen LogP contribution in [0.2, 0.25) is 0 Å². The number of anilines is 1. The Labute approximate surface area is 237 Å². The second-order valence-corrected chi connectivity index (χ2v) is 12.0. The molecular formula is C28H46N6O6. The van der Waals surface area contributed by atoms with Crippen molar-refractivity contribution in [2.45, 2.75) is 58.9 Å². The van der Waals surface area contributed by atoms with Crippen molar-refractivity contribution < 1.29 is 29.0 Å². The van der Waals surface area contributed by atoms with Gasteiger partial charge in [0.1, 0.15) is 17.2 Å². The molecule has 2 atom stereocenters. The molecule has 12 heteroatoms. The zero-order valence-corrected chi connectivity index (χ0v) is 24.8. The van der Waals surface area contributed by atoms with Crippen molar-refractivity contribution in [2.75, 3.05) is 71.5 Å². The maximum Gasteiger partial charge on any atom is 0.407 e. The van der Waals surface area contributed by atoms with E-state index < -0.39 is 18.1 Å². The van der Waals surface area contributed by atoms with Crippen LogP contribution >= 0.6 is 0 Å². The molecule has 0 spiro atoms. The molecule has 0 saturated carbocycles. The summed E-state index contributed by atoms with van der Waals surface area (Å²) in [6.45, 7) is 13.7. The molecule has 224 valence electrons. The summed E-state index contributed by atoms with van der Waals surface area (Å²) in [6, 6.07) is -0.474. The normalized spacial score (nSPS) is 20.0. The molecule has 12 nitrogen and oxygen atoms in total. The highest BCUT2D eigenvalue weighted by atomic mass is 16.5. The Kier molecular flexibility index (Phi) is 11.1. The van der Waals surface area contributed by atoms with Crippen LogP contribution in [0.25, 0.3) is 0 Å². The fourth-order valence-electron chi connectivity index (χ4n) is 5.08. The first-order valence-corrected chi connectivity index (χ1v) is 14.2. The molecule has 3 amide bonds. The molecule has 2 fully saturated rings. The fourth-order valence-corrected chi connectivity index (χ4v) is 5.08. The number of hydrogen-bond acceptors (Lipinski definition) is 8. The molecule has 2 aliphatic rings. The Morgan fingerprint density at radius 1 is 1.20 bits per heavy atom. The molecule has 3 rings (SSSR count). The highest BCUT2D eigenvalue weighted by Gasteiger charge is 2.40. The molecule has 2 unspecified atom stereocenters. The van der Waals surface area contributed by atoms with Crippen LogP contribution in [0.15, 0.2) is 6.20 Å². The molecule has 0 aliphatic carbocycles. The number of carbonyl (C=O) groups is 3. The average molecular weight is 563 g/mol. The molecule has 0 radical (unpaired) electrons. The van der Waals surface area contributed by atoms with Gasteiger partial charge in [-0.1, -0.05) is 34.6 Å². The Morgan fingerprint density at radius 3 is 2.50 bits per heavy atom. The van der Waals surface area contributed by atoms with Crippen molar-refractivity contribution in [1.29, 1.82) is 0 Å². The number of amides is 3. The standard InChI is InChI=1S/C28H46N6O6/c1-19(2)16-34(21-14-20(17-33(18-21)27(37)38)24(35)32-9-12-40-13-10-32)25(36)22-15-30-26(28(3,4)5)31-23(22)29-8-7-11-39-6/h15,19-21H,7-14,16-18H2,1-6H3,(H,37,38)(H,29,30,31). The number of rotatable bonds is 10. The Hall–Kier alpha value is -2.99. The number of piperidine rings is 1. The first kappa shape index (κ1) is 31.5. The number of morpholine rings is 1. The highest BCUT2D eigenvalue weighted by Crippen LogP contribution is 2.28. The van der Waals surface area contributed by atoms with Gasteiger partial charge in [0.05, 0.1) is 25.2 Å². The van der Waals surface area contributed by atoms with Gasteiger partial charge in [0.15, 0.2) is 0 Å². The van der Waals surface area contributed by atoms with Crippen LogP contribution < -0.4 is 5.32 Å². The Bertz CT molecular complexity index is 1020. The summed E-state index contributed by atoms with van der Waals surface area (Å²) in [5, 5.41) is 13.2. The molecule has 1 aromatic heterocycles. The van der Waals surface area contributed by atoms with Crippen molar-refractivity contribution in [3.63, 3.8) is 0 Å². The smallest absolute Gasteiger partial charge is 0.407 e. The third-order valence-corrected chi connectivity index (χ3v) is 7.14. The second kappa shape index (κ2) is 14.1. The third-order valence-electron chi connectivity index (χ3n) is 7.14. The molecule has 2 aliphatic heterocycles. The van der Waals surface area contributed by atoms with Gasteiger partial charge in [0.25, 0.3) is 5.91 Å². The predicted octanol–water partition coefficient (Wildman–Crippen LogP) is 2.55. The van der Waals surface area contributed by atoms with Crippen LogP contribution in [0.5, 0.6) is 0 Å². The van der Waals surface area contributed by atoms with Gasteiger partial charge < -0.3 is 34.6 Å². The van der Waals surface area contributed by atoms with E-state index in [0.717, 1.165) is 6.42 Å². The monoisotopic (exact) mass is 562 g/mol. The molecule has 0 bridgehead atoms. The van der Waals surface area contributed by atoms with Gasteiger partial charge >= 0.3 is 6.09 Å². The summed E-state index contributed by atoms with van der Waals surface area (Å²) in [7, 11) is 1.64. The van der Waals surface area contributed by atoms with E-state index in [4.69, 9.17) is 14.5 Å². The summed E-state index contributed by atoms with van der Waals surface area (Å²) in [4.78, 5) is 53.7. The number of likely N-dealkylation sites (tertiary alicyclic amines) is 1. The lowest BCUT2D eigenvalue weighted by Crippen LogP contribution is -2.58. The van der Waals surface area contributed by atoms with Gasteiger partial charge in [0, 0.05) is 64.6 Å². The van der Waals surface area contributed by atoms with Crippen LogP contribution in [0, 0.1) is 11.8 Å². The van der Waals surface area contributed by atoms with Crippen LogP contribution in [-0.2, 0) is 19.7 Å². The number of methoxy groups -OCH3 is 1. The Morgan fingerprint density at radius 2 is 1.90 bits per heavy atom. The van der Waals surface area contributed by atoms with Crippen molar-refractivity contribution >= 4 is 23.7 Å². The number of nitrogens with zero attached hydrogens (tertiary/aromatic N) is 5. The van der Waals surface area contributed by atoms with Gasteiger partial charge in [0.2, 0.25) is 5.91 Å². The lowest BCUT2D eigenvalue weighted by molar-refractivity contribution is -0.142. The van der Waals surface area contributed by atoms with E-state index in [1.807, 2.05) is 34.6 Å². The molecular weight excluding hydrogens is 516 g/mol. The van der Waals surface area contributed by atoms with Crippen LogP contribution in [0.1, 0.15) is 63.6 Å². The van der Waals surface area contributed by atoms with Crippen molar-refractivity contribution in [3.8, 4) is 0 Å². The minimum absolute atomic E-state index is 0.0884. The quantitative estimate of drug-likeness (QED) is 0.412. The van der Waals surface area contributed by atoms with Gasteiger partial charge in [-0.05, 0) is 18.8 Å². The van der Waals surface area contributed by atoms with E-state index in [-0.39, 0.29) is 36.2 Å². The van der Waals surface area contributed by atoms with Crippen LogP contribution in [0.4, 0.5) is 10.6 Å². The van der Waals surface area contributed by atoms with Gasteiger partial charge in [-0.25, -0.2) is 14.8 Å². The number of nitrogens with one attached hydrogen (secondary N) is 1. The van der Waals surface area contributed by atoms with Crippen molar-refractivity contribution in [2.24, 2.45) is 11.8 Å². The second-order valence-electron chi connectivity index (χ2n) is 12.0. The maximum absolute atomic E-state index is 14.2. The third kappa shape index (κ3) is 8.26. The minimum Gasteiger partial charge on any atom is -0.465 e. The number of carbonyl (C=O) groups excluding carboxylic acids is 2. The molecule has 2 saturated heterocycles. The summed E-state index contributed by atoms with van der Waals surface area (Å²) >= 11 is 0. The van der Waals surface area contributed by atoms with Crippen LogP contribution in [-0.4, -0.2) is 120 Å². The van der Waals surface area contributed by atoms with Gasteiger partial charge in [-0.15, -0.1) is 0 Å². The highest BCUT2D eigenvalue weighted by molar-refractivity contribution is 5.98. The van der Waals surface area contributed by atoms with E-state index in [1.54, 1.807) is 23.1 Å². The van der Waals surface area contributed by atoms with Crippen LogP contribution in [0.3, 0.4) is 0 Å². The van der Waals surface area contributed by atoms with E-state index in [9.17, 15) is 19.5 Å².